The van der Waals surface area contributed by atoms with Crippen molar-refractivity contribution < 1.29 is 12.8 Å². The summed E-state index contributed by atoms with van der Waals surface area (Å²) in [6.45, 7) is 3.58. The van der Waals surface area contributed by atoms with Crippen molar-refractivity contribution in [1.29, 1.82) is 0 Å². The zero-order chi connectivity index (χ0) is 12.5. The molecule has 0 bridgehead atoms. The summed E-state index contributed by atoms with van der Waals surface area (Å²) in [6.07, 6.45) is 0. The highest BCUT2D eigenvalue weighted by Crippen LogP contribution is 2.19. The molecule has 1 aliphatic heterocycles. The third kappa shape index (κ3) is 2.48. The van der Waals surface area contributed by atoms with Gasteiger partial charge in [0.05, 0.1) is 4.90 Å². The number of nitrogens with one attached hydrogen (secondary N) is 1. The molecule has 0 aliphatic carbocycles. The lowest BCUT2D eigenvalue weighted by Crippen LogP contribution is -2.52. The van der Waals surface area contributed by atoms with E-state index in [2.05, 4.69) is 5.32 Å². The van der Waals surface area contributed by atoms with Crippen molar-refractivity contribution >= 4 is 10.0 Å². The molecular weight excluding hydrogens is 243 g/mol. The fraction of sp³-hybridized carbons (Fsp3) is 0.455. The van der Waals surface area contributed by atoms with Gasteiger partial charge in [0.1, 0.15) is 5.82 Å². The summed E-state index contributed by atoms with van der Waals surface area (Å²) in [5.41, 5.74) is 0. The first-order valence-corrected chi connectivity index (χ1v) is 6.94. The van der Waals surface area contributed by atoms with Gasteiger partial charge in [-0.05, 0) is 31.2 Å². The summed E-state index contributed by atoms with van der Waals surface area (Å²) in [7, 11) is -3.50. The van der Waals surface area contributed by atoms with E-state index in [1.54, 1.807) is 0 Å². The normalized spacial score (nSPS) is 22.6. The molecule has 0 unspecified atom stereocenters. The van der Waals surface area contributed by atoms with Crippen LogP contribution >= 0.6 is 0 Å². The van der Waals surface area contributed by atoms with E-state index >= 15 is 0 Å². The monoisotopic (exact) mass is 258 g/mol. The Morgan fingerprint density at radius 3 is 2.59 bits per heavy atom. The smallest absolute Gasteiger partial charge is 0.243 e. The third-order valence-electron chi connectivity index (χ3n) is 2.86. The Morgan fingerprint density at radius 2 is 2.00 bits per heavy atom. The maximum absolute atomic E-state index is 12.8. The van der Waals surface area contributed by atoms with Gasteiger partial charge in [-0.15, -0.1) is 0 Å². The Bertz CT molecular complexity index is 487. The third-order valence-corrected chi connectivity index (χ3v) is 4.89. The van der Waals surface area contributed by atoms with Crippen molar-refractivity contribution in [1.82, 2.24) is 9.62 Å². The molecule has 1 heterocycles. The fourth-order valence-electron chi connectivity index (χ4n) is 1.92. The molecule has 1 saturated heterocycles. The van der Waals surface area contributed by atoms with E-state index in [0.29, 0.717) is 19.6 Å². The molecule has 2 rings (SSSR count). The fourth-order valence-corrected chi connectivity index (χ4v) is 3.55. The Labute approximate surface area is 100 Å². The van der Waals surface area contributed by atoms with E-state index in [4.69, 9.17) is 0 Å². The zero-order valence-corrected chi connectivity index (χ0v) is 10.4. The minimum absolute atomic E-state index is 0.0844. The van der Waals surface area contributed by atoms with Gasteiger partial charge in [0.25, 0.3) is 0 Å². The molecule has 1 fully saturated rings. The molecule has 1 aromatic rings. The molecule has 0 radical (unpaired) electrons. The van der Waals surface area contributed by atoms with Crippen molar-refractivity contribution in [2.75, 3.05) is 19.6 Å². The van der Waals surface area contributed by atoms with E-state index < -0.39 is 15.8 Å². The van der Waals surface area contributed by atoms with Crippen LogP contribution in [0.1, 0.15) is 6.92 Å². The van der Waals surface area contributed by atoms with Gasteiger partial charge in [0.15, 0.2) is 0 Å². The van der Waals surface area contributed by atoms with Gasteiger partial charge in [-0.25, -0.2) is 12.8 Å². The number of halogens is 1. The van der Waals surface area contributed by atoms with Gasteiger partial charge in [0.2, 0.25) is 10.0 Å². The minimum Gasteiger partial charge on any atom is -0.314 e. The molecule has 17 heavy (non-hydrogen) atoms. The Morgan fingerprint density at radius 1 is 1.35 bits per heavy atom. The predicted octanol–water partition coefficient (Wildman–Crippen LogP) is 0.808. The summed E-state index contributed by atoms with van der Waals surface area (Å²) >= 11 is 0. The van der Waals surface area contributed by atoms with Crippen LogP contribution in [0.2, 0.25) is 0 Å². The van der Waals surface area contributed by atoms with Crippen LogP contribution in [0.5, 0.6) is 0 Å². The van der Waals surface area contributed by atoms with Crippen LogP contribution in [-0.2, 0) is 10.0 Å². The second-order valence-electron chi connectivity index (χ2n) is 4.12. The van der Waals surface area contributed by atoms with Crippen molar-refractivity contribution in [2.45, 2.75) is 17.9 Å². The van der Waals surface area contributed by atoms with E-state index in [1.807, 2.05) is 6.92 Å². The molecule has 0 aromatic heterocycles. The average Bonchev–Trinajstić information content (AvgIpc) is 2.30. The number of hydrogen-bond acceptors (Lipinski definition) is 3. The largest absolute Gasteiger partial charge is 0.314 e. The van der Waals surface area contributed by atoms with Gasteiger partial charge in [0, 0.05) is 25.7 Å². The number of sulfonamides is 1. The van der Waals surface area contributed by atoms with Gasteiger partial charge in [-0.1, -0.05) is 0 Å². The highest BCUT2D eigenvalue weighted by molar-refractivity contribution is 7.89. The molecule has 0 saturated carbocycles. The highest BCUT2D eigenvalue weighted by atomic mass is 32.2. The lowest BCUT2D eigenvalue weighted by Gasteiger charge is -2.32. The Balaban J connectivity index is 2.32. The van der Waals surface area contributed by atoms with Gasteiger partial charge < -0.3 is 5.32 Å². The van der Waals surface area contributed by atoms with Crippen molar-refractivity contribution in [3.8, 4) is 0 Å². The number of benzene rings is 1. The van der Waals surface area contributed by atoms with Gasteiger partial charge >= 0.3 is 0 Å². The Hall–Kier alpha value is -0.980. The van der Waals surface area contributed by atoms with Crippen LogP contribution < -0.4 is 5.32 Å². The first kappa shape index (κ1) is 12.5. The molecule has 0 spiro atoms. The van der Waals surface area contributed by atoms with Crippen LogP contribution in [0.15, 0.2) is 29.2 Å². The molecule has 1 aliphatic rings. The lowest BCUT2D eigenvalue weighted by molar-refractivity contribution is 0.284. The van der Waals surface area contributed by atoms with E-state index in [0.717, 1.165) is 0 Å². The molecule has 0 amide bonds. The highest BCUT2D eigenvalue weighted by Gasteiger charge is 2.30. The quantitative estimate of drug-likeness (QED) is 0.854. The summed E-state index contributed by atoms with van der Waals surface area (Å²) in [5, 5.41) is 3.13. The van der Waals surface area contributed by atoms with Crippen LogP contribution in [-0.4, -0.2) is 38.4 Å². The standard InChI is InChI=1S/C11H15FN2O2S/c1-9-8-13-6-7-14(9)17(15,16)11-4-2-10(12)3-5-11/h2-5,9,13H,6-8H2,1H3/t9-/m0/s1. The van der Waals surface area contributed by atoms with Gasteiger partial charge in [-0.2, -0.15) is 4.31 Å². The van der Waals surface area contributed by atoms with Crippen molar-refractivity contribution in [3.05, 3.63) is 30.1 Å². The predicted molar refractivity (Wildman–Crippen MR) is 62.6 cm³/mol. The SMILES string of the molecule is C[C@H]1CNCCN1S(=O)(=O)c1ccc(F)cc1. The number of piperazine rings is 1. The molecule has 1 atom stereocenters. The molecule has 1 N–H and O–H groups in total. The molecule has 1 aromatic carbocycles. The summed E-state index contributed by atoms with van der Waals surface area (Å²) < 4.78 is 38.8. The van der Waals surface area contributed by atoms with Crippen LogP contribution in [0.3, 0.4) is 0 Å². The molecular formula is C11H15FN2O2S. The summed E-state index contributed by atoms with van der Waals surface area (Å²) in [6, 6.07) is 4.86. The van der Waals surface area contributed by atoms with E-state index in [9.17, 15) is 12.8 Å². The van der Waals surface area contributed by atoms with E-state index in [1.165, 1.54) is 28.6 Å². The number of rotatable bonds is 2. The van der Waals surface area contributed by atoms with Crippen LogP contribution in [0.4, 0.5) is 4.39 Å². The van der Waals surface area contributed by atoms with Crippen molar-refractivity contribution in [3.63, 3.8) is 0 Å². The second kappa shape index (κ2) is 4.72. The second-order valence-corrected chi connectivity index (χ2v) is 6.01. The molecule has 4 nitrogen and oxygen atoms in total. The molecule has 94 valence electrons. The average molecular weight is 258 g/mol. The van der Waals surface area contributed by atoms with Gasteiger partial charge in [-0.3, -0.25) is 0 Å². The summed E-state index contributed by atoms with van der Waals surface area (Å²) in [4.78, 5) is 0.146. The first-order chi connectivity index (χ1) is 8.01. The minimum atomic E-state index is -3.50. The van der Waals surface area contributed by atoms with Crippen LogP contribution in [0.25, 0.3) is 0 Å². The molecule has 6 heteroatoms. The van der Waals surface area contributed by atoms with Crippen LogP contribution in [0, 0.1) is 5.82 Å². The van der Waals surface area contributed by atoms with E-state index in [-0.39, 0.29) is 10.9 Å². The van der Waals surface area contributed by atoms with Crippen molar-refractivity contribution in [2.24, 2.45) is 0 Å². The maximum atomic E-state index is 12.8. The Kier molecular flexibility index (Phi) is 3.46. The lowest BCUT2D eigenvalue weighted by atomic mass is 10.3. The maximum Gasteiger partial charge on any atom is 0.243 e. The number of nitrogens with zero attached hydrogens (tertiary/aromatic N) is 1. The topological polar surface area (TPSA) is 49.4 Å². The number of hydrogen-bond donors (Lipinski definition) is 1. The zero-order valence-electron chi connectivity index (χ0n) is 9.56. The summed E-state index contributed by atoms with van der Waals surface area (Å²) in [5.74, 6) is -0.433. The first-order valence-electron chi connectivity index (χ1n) is 5.50.